The van der Waals surface area contributed by atoms with Gasteiger partial charge in [0, 0.05) is 11.3 Å². The van der Waals surface area contributed by atoms with Gasteiger partial charge in [-0.15, -0.1) is 6.58 Å². The lowest BCUT2D eigenvalue weighted by Crippen LogP contribution is -2.43. The Balaban J connectivity index is 2.19. The van der Waals surface area contributed by atoms with E-state index >= 15 is 0 Å². The Kier molecular flexibility index (Phi) is 4.97. The van der Waals surface area contributed by atoms with Gasteiger partial charge in [-0.25, -0.2) is 4.79 Å². The summed E-state index contributed by atoms with van der Waals surface area (Å²) in [5, 5.41) is 2.96. The predicted octanol–water partition coefficient (Wildman–Crippen LogP) is 4.66. The van der Waals surface area contributed by atoms with Crippen LogP contribution in [0.5, 0.6) is 5.75 Å². The van der Waals surface area contributed by atoms with Crippen molar-refractivity contribution in [2.75, 3.05) is 0 Å². The maximum Gasteiger partial charge on any atom is 0.407 e. The van der Waals surface area contributed by atoms with Gasteiger partial charge in [0.2, 0.25) is 0 Å². The van der Waals surface area contributed by atoms with Crippen molar-refractivity contribution in [2.24, 2.45) is 5.41 Å². The molecule has 2 rings (SSSR count). The Morgan fingerprint density at radius 3 is 2.29 bits per heavy atom. The normalized spacial score (nSPS) is 22.5. The molecule has 1 aromatic carbocycles. The zero-order valence-corrected chi connectivity index (χ0v) is 15.6. The average molecular weight is 331 g/mol. The molecule has 0 saturated carbocycles. The Hall–Kier alpha value is -1.97. The van der Waals surface area contributed by atoms with E-state index < -0.39 is 0 Å². The van der Waals surface area contributed by atoms with Crippen LogP contribution in [0.25, 0.3) is 0 Å². The molecule has 0 aromatic heterocycles. The Morgan fingerprint density at radius 1 is 1.21 bits per heavy atom. The molecule has 0 spiro atoms. The maximum atomic E-state index is 11.8. The number of rotatable bonds is 5. The molecule has 132 valence electrons. The molecule has 1 heterocycles. The predicted molar refractivity (Wildman–Crippen MR) is 96.4 cm³/mol. The van der Waals surface area contributed by atoms with Crippen LogP contribution < -0.4 is 10.1 Å². The number of cyclic esters (lactones) is 1. The second-order valence-corrected chi connectivity index (χ2v) is 8.09. The topological polar surface area (TPSA) is 47.6 Å². The van der Waals surface area contributed by atoms with Gasteiger partial charge in [-0.2, -0.15) is 0 Å². The molecule has 1 fully saturated rings. The molecular weight excluding hydrogens is 302 g/mol. The zero-order valence-electron chi connectivity index (χ0n) is 15.6. The summed E-state index contributed by atoms with van der Waals surface area (Å²) in [7, 11) is 0. The van der Waals surface area contributed by atoms with E-state index in [2.05, 4.69) is 18.8 Å². The summed E-state index contributed by atoms with van der Waals surface area (Å²) < 4.78 is 11.4. The zero-order chi connectivity index (χ0) is 18.1. The molecule has 1 aliphatic heterocycles. The molecule has 1 aromatic rings. The quantitative estimate of drug-likeness (QED) is 0.799. The fourth-order valence-corrected chi connectivity index (χ4v) is 2.95. The molecule has 0 aliphatic carbocycles. The highest BCUT2D eigenvalue weighted by Gasteiger charge is 2.45. The van der Waals surface area contributed by atoms with Gasteiger partial charge in [-0.3, -0.25) is 0 Å². The number of hydrogen-bond acceptors (Lipinski definition) is 3. The summed E-state index contributed by atoms with van der Waals surface area (Å²) in [6.45, 7) is 16.1. The van der Waals surface area contributed by atoms with Gasteiger partial charge >= 0.3 is 6.09 Å². The number of carbonyl (C=O) groups is 1. The van der Waals surface area contributed by atoms with E-state index in [-0.39, 0.29) is 35.2 Å². The molecule has 1 saturated heterocycles. The minimum Gasteiger partial charge on any atom is -0.488 e. The largest absolute Gasteiger partial charge is 0.488 e. The molecule has 1 aliphatic rings. The van der Waals surface area contributed by atoms with Gasteiger partial charge in [0.05, 0.1) is 6.04 Å². The molecule has 1 N–H and O–H groups in total. The smallest absolute Gasteiger partial charge is 0.407 e. The SMILES string of the molecule is C=CC(C)(C)[C@@H]1OC(=O)N[C@@H]1C(C)c1ccc(OC(C)(C)C)cc1. The molecule has 1 amide bonds. The maximum absolute atomic E-state index is 11.8. The Labute approximate surface area is 145 Å². The fourth-order valence-electron chi connectivity index (χ4n) is 2.95. The summed E-state index contributed by atoms with van der Waals surface area (Å²) in [5.74, 6) is 0.956. The Morgan fingerprint density at radius 2 is 1.79 bits per heavy atom. The van der Waals surface area contributed by atoms with Crippen LogP contribution in [0.4, 0.5) is 4.79 Å². The molecule has 0 radical (unpaired) electrons. The van der Waals surface area contributed by atoms with Crippen LogP contribution in [0.3, 0.4) is 0 Å². The van der Waals surface area contributed by atoms with Gasteiger partial charge in [0.1, 0.15) is 17.5 Å². The van der Waals surface area contributed by atoms with Crippen molar-refractivity contribution < 1.29 is 14.3 Å². The third-order valence-corrected chi connectivity index (χ3v) is 4.47. The highest BCUT2D eigenvalue weighted by molar-refractivity contribution is 5.70. The van der Waals surface area contributed by atoms with Crippen LogP contribution in [0.1, 0.15) is 53.0 Å². The van der Waals surface area contributed by atoms with E-state index in [0.717, 1.165) is 11.3 Å². The van der Waals surface area contributed by atoms with Crippen LogP contribution in [0.15, 0.2) is 36.9 Å². The summed E-state index contributed by atoms with van der Waals surface area (Å²) in [5.41, 5.74) is 0.615. The van der Waals surface area contributed by atoms with Gasteiger partial charge in [-0.05, 0) is 38.5 Å². The van der Waals surface area contributed by atoms with Crippen molar-refractivity contribution in [3.05, 3.63) is 42.5 Å². The lowest BCUT2D eigenvalue weighted by atomic mass is 9.77. The molecule has 4 nitrogen and oxygen atoms in total. The molecule has 0 bridgehead atoms. The molecule has 1 unspecified atom stereocenters. The third kappa shape index (κ3) is 4.11. The average Bonchev–Trinajstić information content (AvgIpc) is 2.88. The summed E-state index contributed by atoms with van der Waals surface area (Å²) in [6.07, 6.45) is 1.24. The Bertz CT molecular complexity index is 598. The number of benzene rings is 1. The summed E-state index contributed by atoms with van der Waals surface area (Å²) in [6, 6.07) is 7.95. The van der Waals surface area contributed by atoms with E-state index in [1.165, 1.54) is 0 Å². The van der Waals surface area contributed by atoms with E-state index in [9.17, 15) is 4.79 Å². The monoisotopic (exact) mass is 331 g/mol. The second kappa shape index (κ2) is 6.50. The first kappa shape index (κ1) is 18.4. The molecule has 4 heteroatoms. The fraction of sp³-hybridized carbons (Fsp3) is 0.550. The van der Waals surface area contributed by atoms with Gasteiger partial charge in [0.15, 0.2) is 0 Å². The molecule has 24 heavy (non-hydrogen) atoms. The lowest BCUT2D eigenvalue weighted by Gasteiger charge is -2.33. The van der Waals surface area contributed by atoms with Gasteiger partial charge in [-0.1, -0.05) is 39.0 Å². The number of alkyl carbamates (subject to hydrolysis) is 1. The highest BCUT2D eigenvalue weighted by Crippen LogP contribution is 2.36. The van der Waals surface area contributed by atoms with Crippen molar-refractivity contribution in [3.8, 4) is 5.75 Å². The van der Waals surface area contributed by atoms with Crippen molar-refractivity contribution in [2.45, 2.75) is 65.2 Å². The van der Waals surface area contributed by atoms with Crippen LogP contribution >= 0.6 is 0 Å². The van der Waals surface area contributed by atoms with Crippen molar-refractivity contribution in [3.63, 3.8) is 0 Å². The minimum atomic E-state index is -0.362. The first-order valence-electron chi connectivity index (χ1n) is 8.43. The third-order valence-electron chi connectivity index (χ3n) is 4.47. The van der Waals surface area contributed by atoms with Crippen LogP contribution in [0, 0.1) is 5.41 Å². The molecule has 3 atom stereocenters. The van der Waals surface area contributed by atoms with Crippen molar-refractivity contribution in [1.82, 2.24) is 5.32 Å². The first-order valence-corrected chi connectivity index (χ1v) is 8.43. The minimum absolute atomic E-state index is 0.0973. The van der Waals surface area contributed by atoms with Crippen LogP contribution in [-0.2, 0) is 4.74 Å². The van der Waals surface area contributed by atoms with Gasteiger partial charge in [0.25, 0.3) is 0 Å². The number of hydrogen-bond donors (Lipinski definition) is 1. The van der Waals surface area contributed by atoms with E-state index in [4.69, 9.17) is 9.47 Å². The summed E-state index contributed by atoms with van der Waals surface area (Å²) >= 11 is 0. The lowest BCUT2D eigenvalue weighted by molar-refractivity contribution is 0.0671. The van der Waals surface area contributed by atoms with E-state index in [1.807, 2.05) is 65.0 Å². The van der Waals surface area contributed by atoms with Crippen LogP contribution in [-0.4, -0.2) is 23.8 Å². The highest BCUT2D eigenvalue weighted by atomic mass is 16.6. The van der Waals surface area contributed by atoms with E-state index in [1.54, 1.807) is 0 Å². The number of amides is 1. The second-order valence-electron chi connectivity index (χ2n) is 8.09. The molecular formula is C20H29NO3. The number of nitrogens with one attached hydrogen (secondary N) is 1. The van der Waals surface area contributed by atoms with Crippen molar-refractivity contribution in [1.29, 1.82) is 0 Å². The number of carbonyl (C=O) groups excluding carboxylic acids is 1. The summed E-state index contributed by atoms with van der Waals surface area (Å²) in [4.78, 5) is 11.8. The van der Waals surface area contributed by atoms with Crippen molar-refractivity contribution >= 4 is 6.09 Å². The van der Waals surface area contributed by atoms with E-state index in [0.29, 0.717) is 0 Å². The van der Waals surface area contributed by atoms with Gasteiger partial charge < -0.3 is 14.8 Å². The number of ether oxygens (including phenoxy) is 2. The standard InChI is InChI=1S/C20H29NO3/c1-8-20(6,7)17-16(21-18(22)23-17)13(2)14-9-11-15(12-10-14)24-19(3,4)5/h8-13,16-17H,1H2,2-7H3,(H,21,22)/t13?,16-,17-/m1/s1. The first-order chi connectivity index (χ1) is 11.0. The van der Waals surface area contributed by atoms with Crippen LogP contribution in [0.2, 0.25) is 0 Å².